The highest BCUT2D eigenvalue weighted by Gasteiger charge is 2.26. The summed E-state index contributed by atoms with van der Waals surface area (Å²) in [6, 6.07) is 4.64. The molecule has 0 amide bonds. The maximum absolute atomic E-state index is 5.82. The summed E-state index contributed by atoms with van der Waals surface area (Å²) >= 11 is 0. The van der Waals surface area contributed by atoms with Gasteiger partial charge in [-0.05, 0) is 38.4 Å². The Labute approximate surface area is 120 Å². The molecule has 0 bridgehead atoms. The highest BCUT2D eigenvalue weighted by atomic mass is 16.3. The van der Waals surface area contributed by atoms with Crippen molar-refractivity contribution >= 4 is 0 Å². The molecule has 0 radical (unpaired) electrons. The first-order valence-electron chi connectivity index (χ1n) is 7.47. The lowest BCUT2D eigenvalue weighted by Crippen LogP contribution is -2.27. The maximum Gasteiger partial charge on any atom is 0.118 e. The summed E-state index contributed by atoms with van der Waals surface area (Å²) in [6.07, 6.45) is 6.59. The lowest BCUT2D eigenvalue weighted by Gasteiger charge is -2.30. The zero-order chi connectivity index (χ0) is 14.1. The Bertz CT molecular complexity index is 584. The molecule has 0 saturated heterocycles. The van der Waals surface area contributed by atoms with E-state index in [1.165, 1.54) is 24.1 Å². The highest BCUT2D eigenvalue weighted by molar-refractivity contribution is 5.25. The molecule has 20 heavy (non-hydrogen) atoms. The molecule has 4 heteroatoms. The van der Waals surface area contributed by atoms with Crippen LogP contribution < -0.4 is 0 Å². The van der Waals surface area contributed by atoms with Gasteiger partial charge in [-0.15, -0.1) is 0 Å². The Balaban J connectivity index is 1.76. The van der Waals surface area contributed by atoms with Crippen molar-refractivity contribution in [3.05, 3.63) is 41.1 Å². The van der Waals surface area contributed by atoms with Crippen LogP contribution in [0.3, 0.4) is 0 Å². The minimum Gasteiger partial charge on any atom is -0.465 e. The molecule has 0 aliphatic heterocycles. The first-order valence-corrected chi connectivity index (χ1v) is 7.47. The number of hydrogen-bond donors (Lipinski definition) is 0. The largest absolute Gasteiger partial charge is 0.465 e. The van der Waals surface area contributed by atoms with Gasteiger partial charge in [0.25, 0.3) is 0 Å². The Morgan fingerprint density at radius 1 is 1.40 bits per heavy atom. The maximum atomic E-state index is 5.82. The van der Waals surface area contributed by atoms with Crippen LogP contribution in [0, 0.1) is 0 Å². The molecule has 4 nitrogen and oxygen atoms in total. The summed E-state index contributed by atoms with van der Waals surface area (Å²) in [4.78, 5) is 2.39. The van der Waals surface area contributed by atoms with E-state index in [0.29, 0.717) is 6.04 Å². The number of hydrogen-bond acceptors (Lipinski definition) is 3. The summed E-state index contributed by atoms with van der Waals surface area (Å²) in [5.41, 5.74) is 2.78. The molecule has 1 unspecified atom stereocenters. The van der Waals surface area contributed by atoms with Gasteiger partial charge < -0.3 is 4.42 Å². The minimum atomic E-state index is 0.461. The van der Waals surface area contributed by atoms with E-state index in [4.69, 9.17) is 4.42 Å². The highest BCUT2D eigenvalue weighted by Crippen LogP contribution is 2.34. The van der Waals surface area contributed by atoms with Crippen LogP contribution in [0.2, 0.25) is 0 Å². The smallest absolute Gasteiger partial charge is 0.118 e. The fraction of sp³-hybridized carbons (Fsp3) is 0.562. The van der Waals surface area contributed by atoms with E-state index in [2.05, 4.69) is 36.1 Å². The Morgan fingerprint density at radius 3 is 2.95 bits per heavy atom. The second-order valence-corrected chi connectivity index (χ2v) is 5.71. The van der Waals surface area contributed by atoms with Gasteiger partial charge in [-0.25, -0.2) is 0 Å². The molecular weight excluding hydrogens is 250 g/mol. The molecule has 1 aliphatic rings. The van der Waals surface area contributed by atoms with E-state index < -0.39 is 0 Å². The minimum absolute atomic E-state index is 0.461. The molecule has 0 N–H and O–H groups in total. The van der Waals surface area contributed by atoms with Crippen LogP contribution in [0.4, 0.5) is 0 Å². The van der Waals surface area contributed by atoms with Crippen LogP contribution in [0.5, 0.6) is 0 Å². The van der Waals surface area contributed by atoms with Crippen molar-refractivity contribution < 1.29 is 4.42 Å². The van der Waals surface area contributed by atoms with Crippen molar-refractivity contribution in [3.8, 4) is 0 Å². The molecule has 108 valence electrons. The average Bonchev–Trinajstić information content (AvgIpc) is 3.06. The van der Waals surface area contributed by atoms with Crippen molar-refractivity contribution in [1.29, 1.82) is 0 Å². The Hall–Kier alpha value is -1.55. The summed E-state index contributed by atoms with van der Waals surface area (Å²) in [5, 5.41) is 4.42. The van der Waals surface area contributed by atoms with Gasteiger partial charge in [0.15, 0.2) is 0 Å². The second-order valence-electron chi connectivity index (χ2n) is 5.71. The third-order valence-electron chi connectivity index (χ3n) is 4.35. The molecule has 2 aromatic heterocycles. The second kappa shape index (κ2) is 5.44. The molecule has 2 heterocycles. The van der Waals surface area contributed by atoms with Gasteiger partial charge in [0.05, 0.1) is 12.7 Å². The van der Waals surface area contributed by atoms with Crippen molar-refractivity contribution in [3.63, 3.8) is 0 Å². The van der Waals surface area contributed by atoms with E-state index >= 15 is 0 Å². The fourth-order valence-electron chi connectivity index (χ4n) is 3.19. The predicted octanol–water partition coefficient (Wildman–Crippen LogP) is 3.08. The number of fused-ring (bicyclic) bond motifs is 1. The van der Waals surface area contributed by atoms with Crippen LogP contribution in [-0.4, -0.2) is 21.7 Å². The van der Waals surface area contributed by atoms with E-state index in [-0.39, 0.29) is 0 Å². The zero-order valence-corrected chi connectivity index (χ0v) is 12.6. The molecule has 1 atom stereocenters. The van der Waals surface area contributed by atoms with Crippen molar-refractivity contribution in [1.82, 2.24) is 14.7 Å². The van der Waals surface area contributed by atoms with E-state index in [0.717, 1.165) is 30.9 Å². The van der Waals surface area contributed by atoms with Crippen LogP contribution in [-0.2, 0) is 26.4 Å². The van der Waals surface area contributed by atoms with Gasteiger partial charge in [0, 0.05) is 30.8 Å². The van der Waals surface area contributed by atoms with Gasteiger partial charge >= 0.3 is 0 Å². The van der Waals surface area contributed by atoms with Gasteiger partial charge in [-0.2, -0.15) is 5.10 Å². The summed E-state index contributed by atoms with van der Waals surface area (Å²) < 4.78 is 7.85. The number of aromatic nitrogens is 2. The Kier molecular flexibility index (Phi) is 3.66. The number of rotatable bonds is 4. The third-order valence-corrected chi connectivity index (χ3v) is 4.35. The van der Waals surface area contributed by atoms with Crippen molar-refractivity contribution in [2.24, 2.45) is 7.05 Å². The standard InChI is InChI=1S/C16H23N3O/c1-4-12-8-9-13(20-12)11-18(2)15-6-5-7-16-14(15)10-17-19(16)3/h8-10,15H,4-7,11H2,1-3H3. The molecular formula is C16H23N3O. The quantitative estimate of drug-likeness (QED) is 0.858. The van der Waals surface area contributed by atoms with Gasteiger partial charge in [0.2, 0.25) is 0 Å². The van der Waals surface area contributed by atoms with E-state index in [9.17, 15) is 0 Å². The molecule has 3 rings (SSSR count). The lowest BCUT2D eigenvalue weighted by molar-refractivity contribution is 0.196. The van der Waals surface area contributed by atoms with Crippen LogP contribution in [0.25, 0.3) is 0 Å². The number of aryl methyl sites for hydroxylation is 2. The van der Waals surface area contributed by atoms with Crippen LogP contribution in [0.1, 0.15) is 48.6 Å². The molecule has 0 fully saturated rings. The molecule has 1 aliphatic carbocycles. The zero-order valence-electron chi connectivity index (χ0n) is 12.6. The first-order chi connectivity index (χ1) is 9.69. The molecule has 0 spiro atoms. The molecule has 0 aromatic carbocycles. The summed E-state index contributed by atoms with van der Waals surface area (Å²) in [5.74, 6) is 2.12. The number of furan rings is 1. The third kappa shape index (κ3) is 2.40. The SMILES string of the molecule is CCc1ccc(CN(C)C2CCCc3c2cnn3C)o1. The van der Waals surface area contributed by atoms with Gasteiger partial charge in [-0.1, -0.05) is 6.92 Å². The van der Waals surface area contributed by atoms with Crippen LogP contribution in [0.15, 0.2) is 22.7 Å². The molecule has 0 saturated carbocycles. The molecule has 2 aromatic rings. The van der Waals surface area contributed by atoms with Gasteiger partial charge in [-0.3, -0.25) is 9.58 Å². The van der Waals surface area contributed by atoms with E-state index in [1.807, 2.05) is 17.9 Å². The van der Waals surface area contributed by atoms with E-state index in [1.54, 1.807) is 0 Å². The summed E-state index contributed by atoms with van der Waals surface area (Å²) in [6.45, 7) is 2.98. The van der Waals surface area contributed by atoms with Crippen molar-refractivity contribution in [2.45, 2.75) is 45.2 Å². The fourth-order valence-corrected chi connectivity index (χ4v) is 3.19. The predicted molar refractivity (Wildman–Crippen MR) is 78.4 cm³/mol. The van der Waals surface area contributed by atoms with Crippen molar-refractivity contribution in [2.75, 3.05) is 7.05 Å². The normalized spacial score (nSPS) is 18.5. The van der Waals surface area contributed by atoms with Crippen LogP contribution >= 0.6 is 0 Å². The monoisotopic (exact) mass is 273 g/mol. The summed E-state index contributed by atoms with van der Waals surface area (Å²) in [7, 11) is 4.22. The lowest BCUT2D eigenvalue weighted by atomic mass is 9.92. The number of nitrogens with zero attached hydrogens (tertiary/aromatic N) is 3. The first kappa shape index (κ1) is 13.4. The Morgan fingerprint density at radius 2 is 2.20 bits per heavy atom. The average molecular weight is 273 g/mol. The topological polar surface area (TPSA) is 34.2 Å². The van der Waals surface area contributed by atoms with Gasteiger partial charge in [0.1, 0.15) is 11.5 Å².